The number of para-hydroxylation sites is 1. The molecular formula is C12H15N3O4S. The minimum atomic E-state index is -3.81. The molecule has 1 atom stereocenters. The molecule has 0 spiro atoms. The van der Waals surface area contributed by atoms with E-state index in [0.29, 0.717) is 0 Å². The third kappa shape index (κ3) is 3.16. The van der Waals surface area contributed by atoms with Crippen LogP contribution in [-0.4, -0.2) is 37.6 Å². The molecule has 4 N–H and O–H groups in total. The molecule has 20 heavy (non-hydrogen) atoms. The molecule has 2 rings (SSSR count). The van der Waals surface area contributed by atoms with Crippen molar-refractivity contribution in [1.82, 2.24) is 14.4 Å². The first kappa shape index (κ1) is 14.5. The largest absolute Gasteiger partial charge is 0.480 e. The smallest absolute Gasteiger partial charge is 0.322 e. The zero-order valence-electron chi connectivity index (χ0n) is 10.8. The van der Waals surface area contributed by atoms with E-state index in [1.807, 2.05) is 29.0 Å². The average Bonchev–Trinajstić information content (AvgIpc) is 2.81. The molecule has 1 heterocycles. The number of fused-ring (bicyclic) bond motifs is 1. The lowest BCUT2D eigenvalue weighted by Gasteiger charge is -2.13. The highest BCUT2D eigenvalue weighted by Crippen LogP contribution is 2.19. The van der Waals surface area contributed by atoms with Crippen LogP contribution in [0.5, 0.6) is 0 Å². The fraction of sp³-hybridized carbons (Fsp3) is 0.250. The van der Waals surface area contributed by atoms with Crippen molar-refractivity contribution in [2.24, 2.45) is 0 Å². The molecule has 1 aromatic heterocycles. The van der Waals surface area contributed by atoms with Crippen LogP contribution >= 0.6 is 0 Å². The van der Waals surface area contributed by atoms with Gasteiger partial charge in [-0.1, -0.05) is 18.2 Å². The zero-order valence-corrected chi connectivity index (χ0v) is 11.6. The van der Waals surface area contributed by atoms with Gasteiger partial charge in [0.2, 0.25) is 0 Å². The Hall–Kier alpha value is -1.90. The van der Waals surface area contributed by atoms with Gasteiger partial charge in [0, 0.05) is 30.6 Å². The second-order valence-electron chi connectivity index (χ2n) is 4.28. The number of H-pyrrole nitrogens is 1. The van der Waals surface area contributed by atoms with Crippen molar-refractivity contribution in [3.8, 4) is 0 Å². The summed E-state index contributed by atoms with van der Waals surface area (Å²) in [6.07, 6.45) is 1.74. The van der Waals surface area contributed by atoms with Crippen molar-refractivity contribution in [3.05, 3.63) is 36.0 Å². The molecule has 2 aromatic rings. The summed E-state index contributed by atoms with van der Waals surface area (Å²) in [5, 5.41) is 10.0. The van der Waals surface area contributed by atoms with Gasteiger partial charge in [0.05, 0.1) is 0 Å². The molecule has 8 heteroatoms. The van der Waals surface area contributed by atoms with Crippen molar-refractivity contribution in [3.63, 3.8) is 0 Å². The summed E-state index contributed by atoms with van der Waals surface area (Å²) < 4.78 is 27.0. The van der Waals surface area contributed by atoms with Crippen LogP contribution in [0.1, 0.15) is 5.56 Å². The Bertz CT molecular complexity index is 723. The Kier molecular flexibility index (Phi) is 4.07. The lowest BCUT2D eigenvalue weighted by Crippen LogP contribution is -2.46. The molecule has 0 saturated heterocycles. The van der Waals surface area contributed by atoms with E-state index < -0.39 is 22.2 Å². The molecular weight excluding hydrogens is 282 g/mol. The number of aromatic nitrogens is 1. The molecule has 108 valence electrons. The predicted molar refractivity (Wildman–Crippen MR) is 74.5 cm³/mol. The third-order valence-electron chi connectivity index (χ3n) is 2.96. The van der Waals surface area contributed by atoms with Crippen LogP contribution in [0.15, 0.2) is 30.5 Å². The second kappa shape index (κ2) is 5.61. The molecule has 7 nitrogen and oxygen atoms in total. The predicted octanol–water partition coefficient (Wildman–Crippen LogP) is 0.217. The maximum Gasteiger partial charge on any atom is 0.322 e. The van der Waals surface area contributed by atoms with Crippen LogP contribution < -0.4 is 9.44 Å². The number of aromatic amines is 1. The van der Waals surface area contributed by atoms with E-state index in [2.05, 4.69) is 9.71 Å². The van der Waals surface area contributed by atoms with Gasteiger partial charge >= 0.3 is 5.97 Å². The first-order valence-electron chi connectivity index (χ1n) is 5.91. The fourth-order valence-corrected chi connectivity index (χ4v) is 2.62. The van der Waals surface area contributed by atoms with E-state index in [0.717, 1.165) is 16.5 Å². The summed E-state index contributed by atoms with van der Waals surface area (Å²) in [7, 11) is -2.60. The topological polar surface area (TPSA) is 111 Å². The first-order chi connectivity index (χ1) is 9.43. The summed E-state index contributed by atoms with van der Waals surface area (Å²) in [5.41, 5.74) is 1.62. The molecule has 1 aromatic carbocycles. The zero-order chi connectivity index (χ0) is 14.8. The Morgan fingerprint density at radius 1 is 1.40 bits per heavy atom. The van der Waals surface area contributed by atoms with Crippen molar-refractivity contribution in [2.75, 3.05) is 7.05 Å². The molecule has 0 fully saturated rings. The lowest BCUT2D eigenvalue weighted by molar-refractivity contribution is -0.138. The Labute approximate surface area is 116 Å². The molecule has 0 aliphatic heterocycles. The molecule has 0 radical (unpaired) electrons. The summed E-state index contributed by atoms with van der Waals surface area (Å²) in [4.78, 5) is 14.2. The van der Waals surface area contributed by atoms with Crippen LogP contribution in [0.4, 0.5) is 0 Å². The van der Waals surface area contributed by atoms with Gasteiger partial charge in [-0.2, -0.15) is 13.1 Å². The Morgan fingerprint density at radius 3 is 2.75 bits per heavy atom. The van der Waals surface area contributed by atoms with E-state index in [4.69, 9.17) is 5.11 Å². The molecule has 0 amide bonds. The third-order valence-corrected chi connectivity index (χ3v) is 4.10. The standard InChI is InChI=1S/C12H15N3O4S/c1-13-20(18,19)15-11(12(16)17)6-8-7-14-10-5-3-2-4-9(8)10/h2-5,7,11,13-15H,6H2,1H3,(H,16,17)/t11-/m1/s1. The van der Waals surface area contributed by atoms with Crippen LogP contribution in [-0.2, 0) is 21.4 Å². The lowest BCUT2D eigenvalue weighted by atomic mass is 10.1. The van der Waals surface area contributed by atoms with Gasteiger partial charge in [-0.05, 0) is 11.6 Å². The molecule has 0 aliphatic carbocycles. The van der Waals surface area contributed by atoms with Crippen molar-refractivity contribution in [1.29, 1.82) is 0 Å². The summed E-state index contributed by atoms with van der Waals surface area (Å²) in [6, 6.07) is 6.19. The molecule has 0 aliphatic rings. The number of carboxylic acids is 1. The maximum atomic E-state index is 11.4. The number of carboxylic acid groups (broad SMARTS) is 1. The number of hydrogen-bond donors (Lipinski definition) is 4. The van der Waals surface area contributed by atoms with Gasteiger partial charge in [-0.25, -0.2) is 4.72 Å². The number of hydrogen-bond acceptors (Lipinski definition) is 3. The minimum Gasteiger partial charge on any atom is -0.480 e. The van der Waals surface area contributed by atoms with E-state index >= 15 is 0 Å². The number of aliphatic carboxylic acids is 1. The van der Waals surface area contributed by atoms with E-state index in [1.165, 1.54) is 7.05 Å². The number of nitrogens with one attached hydrogen (secondary N) is 3. The summed E-state index contributed by atoms with van der Waals surface area (Å²) in [5.74, 6) is -1.23. The Morgan fingerprint density at radius 2 is 2.10 bits per heavy atom. The number of carbonyl (C=O) groups is 1. The fourth-order valence-electron chi connectivity index (χ4n) is 1.95. The van der Waals surface area contributed by atoms with Crippen LogP contribution in [0.2, 0.25) is 0 Å². The van der Waals surface area contributed by atoms with Gasteiger partial charge < -0.3 is 10.1 Å². The molecule has 0 unspecified atom stereocenters. The van der Waals surface area contributed by atoms with Gasteiger partial charge in [0.1, 0.15) is 6.04 Å². The normalized spacial score (nSPS) is 13.4. The highest BCUT2D eigenvalue weighted by Gasteiger charge is 2.24. The highest BCUT2D eigenvalue weighted by atomic mass is 32.2. The van der Waals surface area contributed by atoms with Gasteiger partial charge in [0.25, 0.3) is 10.2 Å². The maximum absolute atomic E-state index is 11.4. The van der Waals surface area contributed by atoms with Crippen molar-refractivity contribution < 1.29 is 18.3 Å². The van der Waals surface area contributed by atoms with E-state index in [1.54, 1.807) is 6.20 Å². The van der Waals surface area contributed by atoms with Gasteiger partial charge in [-0.3, -0.25) is 4.79 Å². The van der Waals surface area contributed by atoms with Crippen LogP contribution in [0.25, 0.3) is 10.9 Å². The highest BCUT2D eigenvalue weighted by molar-refractivity contribution is 7.87. The molecule has 0 saturated carbocycles. The van der Waals surface area contributed by atoms with Crippen molar-refractivity contribution in [2.45, 2.75) is 12.5 Å². The summed E-state index contributed by atoms with van der Waals surface area (Å²) in [6.45, 7) is 0. The first-order valence-corrected chi connectivity index (χ1v) is 7.40. The van der Waals surface area contributed by atoms with Crippen LogP contribution in [0, 0.1) is 0 Å². The Balaban J connectivity index is 2.27. The van der Waals surface area contributed by atoms with E-state index in [-0.39, 0.29) is 6.42 Å². The quantitative estimate of drug-likeness (QED) is 0.611. The second-order valence-corrected chi connectivity index (χ2v) is 5.93. The number of benzene rings is 1. The number of rotatable bonds is 6. The van der Waals surface area contributed by atoms with Crippen molar-refractivity contribution >= 4 is 27.1 Å². The van der Waals surface area contributed by atoms with Crippen LogP contribution in [0.3, 0.4) is 0 Å². The van der Waals surface area contributed by atoms with E-state index in [9.17, 15) is 13.2 Å². The molecule has 0 bridgehead atoms. The van der Waals surface area contributed by atoms with Gasteiger partial charge in [0.15, 0.2) is 0 Å². The average molecular weight is 297 g/mol. The summed E-state index contributed by atoms with van der Waals surface area (Å²) >= 11 is 0. The minimum absolute atomic E-state index is 0.0558. The monoisotopic (exact) mass is 297 g/mol. The van der Waals surface area contributed by atoms with Gasteiger partial charge in [-0.15, -0.1) is 0 Å². The SMILES string of the molecule is CNS(=O)(=O)N[C@H](Cc1c[nH]c2ccccc12)C(=O)O.